The van der Waals surface area contributed by atoms with Crippen molar-refractivity contribution >= 4 is 5.57 Å². The lowest BCUT2D eigenvalue weighted by Gasteiger charge is -2.16. The fraction of sp³-hybridized carbons (Fsp3) is 0.125. The summed E-state index contributed by atoms with van der Waals surface area (Å²) in [7, 11) is 0. The van der Waals surface area contributed by atoms with E-state index in [1.807, 2.05) is 36.4 Å². The molecule has 1 unspecified atom stereocenters. The average molecular weight is 222 g/mol. The molecule has 3 rings (SSSR count). The lowest BCUT2D eigenvalue weighted by atomic mass is 9.89. The van der Waals surface area contributed by atoms with Crippen molar-refractivity contribution < 1.29 is 5.11 Å². The van der Waals surface area contributed by atoms with E-state index in [0.717, 1.165) is 0 Å². The number of hydrogen-bond acceptors (Lipinski definition) is 1. The Hall–Kier alpha value is -1.86. The van der Waals surface area contributed by atoms with Crippen LogP contribution in [0, 0.1) is 0 Å². The smallest absolute Gasteiger partial charge is 0.0622 e. The molecule has 1 aliphatic rings. The SMILES string of the molecule is OCC1(c2ccccc2)C=C1c1ccccc1. The molecule has 0 fully saturated rings. The Kier molecular flexibility index (Phi) is 2.34. The lowest BCUT2D eigenvalue weighted by Crippen LogP contribution is -2.16. The number of aliphatic hydroxyl groups is 1. The first kappa shape index (κ1) is 10.3. The van der Waals surface area contributed by atoms with E-state index in [9.17, 15) is 5.11 Å². The van der Waals surface area contributed by atoms with E-state index in [1.54, 1.807) is 0 Å². The third kappa shape index (κ3) is 1.60. The van der Waals surface area contributed by atoms with E-state index in [2.05, 4.69) is 30.3 Å². The molecule has 0 amide bonds. The maximum atomic E-state index is 9.69. The molecule has 1 atom stereocenters. The Morgan fingerprint density at radius 1 is 0.824 bits per heavy atom. The summed E-state index contributed by atoms with van der Waals surface area (Å²) in [6.07, 6.45) is 2.15. The molecule has 0 bridgehead atoms. The predicted molar refractivity (Wildman–Crippen MR) is 69.6 cm³/mol. The zero-order valence-corrected chi connectivity index (χ0v) is 9.51. The molecule has 1 N–H and O–H groups in total. The van der Waals surface area contributed by atoms with Crippen LogP contribution in [0.4, 0.5) is 0 Å². The van der Waals surface area contributed by atoms with Gasteiger partial charge in [0.15, 0.2) is 0 Å². The summed E-state index contributed by atoms with van der Waals surface area (Å²) < 4.78 is 0. The van der Waals surface area contributed by atoms with Crippen molar-refractivity contribution in [2.75, 3.05) is 6.61 Å². The Bertz CT molecular complexity index is 542. The van der Waals surface area contributed by atoms with E-state index < -0.39 is 0 Å². The molecule has 0 aromatic heterocycles. The highest BCUT2D eigenvalue weighted by molar-refractivity contribution is 5.91. The van der Waals surface area contributed by atoms with Gasteiger partial charge in [0.25, 0.3) is 0 Å². The molecular weight excluding hydrogens is 208 g/mol. The van der Waals surface area contributed by atoms with Gasteiger partial charge in [-0.2, -0.15) is 0 Å². The maximum Gasteiger partial charge on any atom is 0.0622 e. The van der Waals surface area contributed by atoms with E-state index in [1.165, 1.54) is 16.7 Å². The van der Waals surface area contributed by atoms with Crippen molar-refractivity contribution in [2.24, 2.45) is 0 Å². The standard InChI is InChI=1S/C16H14O/c17-12-16(14-9-5-2-6-10-14)11-15(16)13-7-3-1-4-8-13/h1-11,17H,12H2. The summed E-state index contributed by atoms with van der Waals surface area (Å²) in [5, 5.41) is 9.69. The second kappa shape index (κ2) is 3.86. The minimum Gasteiger partial charge on any atom is -0.395 e. The van der Waals surface area contributed by atoms with Crippen LogP contribution < -0.4 is 0 Å². The number of hydrogen-bond donors (Lipinski definition) is 1. The molecule has 2 aromatic rings. The molecule has 84 valence electrons. The van der Waals surface area contributed by atoms with E-state index in [-0.39, 0.29) is 12.0 Å². The van der Waals surface area contributed by atoms with Gasteiger partial charge in [-0.1, -0.05) is 66.7 Å². The normalized spacial score (nSPS) is 22.1. The van der Waals surface area contributed by atoms with Crippen molar-refractivity contribution in [1.29, 1.82) is 0 Å². The van der Waals surface area contributed by atoms with Gasteiger partial charge < -0.3 is 5.11 Å². The first-order valence-electron chi connectivity index (χ1n) is 5.82. The van der Waals surface area contributed by atoms with E-state index in [4.69, 9.17) is 0 Å². The molecule has 0 saturated heterocycles. The summed E-state index contributed by atoms with van der Waals surface area (Å²) in [6, 6.07) is 20.4. The van der Waals surface area contributed by atoms with Crippen molar-refractivity contribution in [3.05, 3.63) is 77.9 Å². The van der Waals surface area contributed by atoms with Crippen LogP contribution in [0.1, 0.15) is 11.1 Å². The first-order valence-corrected chi connectivity index (χ1v) is 5.82. The van der Waals surface area contributed by atoms with Crippen molar-refractivity contribution in [1.82, 2.24) is 0 Å². The second-order valence-electron chi connectivity index (χ2n) is 4.42. The van der Waals surface area contributed by atoms with Gasteiger partial charge in [0, 0.05) is 0 Å². The minimum absolute atomic E-state index is 0.140. The summed E-state index contributed by atoms with van der Waals surface area (Å²) in [5.41, 5.74) is 3.35. The highest BCUT2D eigenvalue weighted by Crippen LogP contribution is 2.52. The number of rotatable bonds is 3. The predicted octanol–water partition coefficient (Wildman–Crippen LogP) is 3.01. The molecule has 1 nitrogen and oxygen atoms in total. The van der Waals surface area contributed by atoms with Gasteiger partial charge in [0.2, 0.25) is 0 Å². The zero-order valence-electron chi connectivity index (χ0n) is 9.51. The van der Waals surface area contributed by atoms with Crippen LogP contribution in [0.25, 0.3) is 5.57 Å². The number of aliphatic hydroxyl groups excluding tert-OH is 1. The van der Waals surface area contributed by atoms with Gasteiger partial charge in [0.05, 0.1) is 12.0 Å². The molecule has 2 aromatic carbocycles. The van der Waals surface area contributed by atoms with Gasteiger partial charge >= 0.3 is 0 Å². The number of benzene rings is 2. The summed E-state index contributed by atoms with van der Waals surface area (Å²) in [4.78, 5) is 0. The van der Waals surface area contributed by atoms with Crippen LogP contribution in [-0.2, 0) is 5.41 Å². The Labute approximate surface area is 101 Å². The Balaban J connectivity index is 1.96. The molecule has 0 heterocycles. The summed E-state index contributed by atoms with van der Waals surface area (Å²) >= 11 is 0. The van der Waals surface area contributed by atoms with Gasteiger partial charge in [-0.05, 0) is 16.7 Å². The first-order chi connectivity index (χ1) is 8.37. The van der Waals surface area contributed by atoms with Crippen LogP contribution in [0.2, 0.25) is 0 Å². The van der Waals surface area contributed by atoms with Gasteiger partial charge in [0.1, 0.15) is 0 Å². The highest BCUT2D eigenvalue weighted by atomic mass is 16.3. The topological polar surface area (TPSA) is 20.2 Å². The van der Waals surface area contributed by atoms with Crippen LogP contribution in [0.5, 0.6) is 0 Å². The van der Waals surface area contributed by atoms with E-state index >= 15 is 0 Å². The third-order valence-corrected chi connectivity index (χ3v) is 3.41. The van der Waals surface area contributed by atoms with Crippen LogP contribution >= 0.6 is 0 Å². The lowest BCUT2D eigenvalue weighted by molar-refractivity contribution is 0.269. The molecule has 17 heavy (non-hydrogen) atoms. The second-order valence-corrected chi connectivity index (χ2v) is 4.42. The van der Waals surface area contributed by atoms with Crippen LogP contribution in [0.15, 0.2) is 66.7 Å². The molecule has 0 aliphatic heterocycles. The quantitative estimate of drug-likeness (QED) is 0.846. The largest absolute Gasteiger partial charge is 0.395 e. The summed E-state index contributed by atoms with van der Waals surface area (Å²) in [5.74, 6) is 0. The fourth-order valence-electron chi connectivity index (χ4n) is 2.37. The van der Waals surface area contributed by atoms with Crippen LogP contribution in [0.3, 0.4) is 0 Å². The maximum absolute atomic E-state index is 9.69. The van der Waals surface area contributed by atoms with E-state index in [0.29, 0.717) is 0 Å². The average Bonchev–Trinajstić information content (AvgIpc) is 3.17. The molecule has 0 spiro atoms. The van der Waals surface area contributed by atoms with Gasteiger partial charge in [-0.3, -0.25) is 0 Å². The molecule has 0 radical (unpaired) electrons. The van der Waals surface area contributed by atoms with Crippen molar-refractivity contribution in [3.63, 3.8) is 0 Å². The van der Waals surface area contributed by atoms with Crippen LogP contribution in [-0.4, -0.2) is 11.7 Å². The van der Waals surface area contributed by atoms with Gasteiger partial charge in [-0.15, -0.1) is 0 Å². The van der Waals surface area contributed by atoms with Crippen molar-refractivity contribution in [2.45, 2.75) is 5.41 Å². The summed E-state index contributed by atoms with van der Waals surface area (Å²) in [6.45, 7) is 0.140. The monoisotopic (exact) mass is 222 g/mol. The molecular formula is C16H14O. The van der Waals surface area contributed by atoms with Gasteiger partial charge in [-0.25, -0.2) is 0 Å². The molecule has 0 saturated carbocycles. The Morgan fingerprint density at radius 3 is 2.00 bits per heavy atom. The molecule has 1 aliphatic carbocycles. The molecule has 1 heteroatoms. The fourth-order valence-corrected chi connectivity index (χ4v) is 2.37. The Morgan fingerprint density at radius 2 is 1.41 bits per heavy atom. The minimum atomic E-state index is -0.247. The highest BCUT2D eigenvalue weighted by Gasteiger charge is 2.45. The zero-order chi connectivity index (χ0) is 11.7. The van der Waals surface area contributed by atoms with Crippen molar-refractivity contribution in [3.8, 4) is 0 Å². The third-order valence-electron chi connectivity index (χ3n) is 3.41.